The molecule has 5 heteroatoms. The van der Waals surface area contributed by atoms with E-state index in [-0.39, 0.29) is 6.04 Å². The molecule has 0 aromatic carbocycles. The molecule has 0 aliphatic heterocycles. The Kier molecular flexibility index (Phi) is 3.82. The monoisotopic (exact) mass is 231 g/mol. The number of nitrogens with zero attached hydrogens (tertiary/aromatic N) is 3. The van der Waals surface area contributed by atoms with Gasteiger partial charge in [-0.1, -0.05) is 13.0 Å². The Morgan fingerprint density at radius 1 is 1.35 bits per heavy atom. The number of hydrogen-bond donors (Lipinski definition) is 2. The van der Waals surface area contributed by atoms with E-state index < -0.39 is 0 Å². The van der Waals surface area contributed by atoms with Crippen LogP contribution in [0.2, 0.25) is 0 Å². The highest BCUT2D eigenvalue weighted by atomic mass is 15.3. The van der Waals surface area contributed by atoms with Gasteiger partial charge in [-0.3, -0.25) is 4.98 Å². The van der Waals surface area contributed by atoms with Crippen molar-refractivity contribution in [3.63, 3.8) is 0 Å². The molecular weight excluding hydrogens is 214 g/mol. The summed E-state index contributed by atoms with van der Waals surface area (Å²) in [4.78, 5) is 4.32. The minimum Gasteiger partial charge on any atom is -0.305 e. The zero-order valence-electron chi connectivity index (χ0n) is 10.1. The number of rotatable bonds is 5. The molecule has 90 valence electrons. The minimum absolute atomic E-state index is 0.0572. The van der Waals surface area contributed by atoms with E-state index in [1.54, 1.807) is 6.20 Å². The van der Waals surface area contributed by atoms with E-state index in [9.17, 15) is 0 Å². The van der Waals surface area contributed by atoms with Crippen LogP contribution in [-0.4, -0.2) is 26.9 Å². The molecule has 0 spiro atoms. The number of pyridine rings is 1. The molecule has 0 radical (unpaired) electrons. The highest BCUT2D eigenvalue weighted by molar-refractivity contribution is 5.24. The summed E-state index contributed by atoms with van der Waals surface area (Å²) in [6.07, 6.45) is 4.71. The fourth-order valence-electron chi connectivity index (χ4n) is 1.68. The largest absolute Gasteiger partial charge is 0.305 e. The lowest BCUT2D eigenvalue weighted by Crippen LogP contribution is -2.23. The molecule has 0 fully saturated rings. The van der Waals surface area contributed by atoms with Crippen molar-refractivity contribution in [3.05, 3.63) is 41.5 Å². The standard InChI is InChI=1S/C12H17N5/c1-3-6-13-12(11-8-15-17-16-11)10-5-4-9(2)14-7-10/h4-5,7-8,12-13H,3,6H2,1-2H3,(H,15,16,17). The maximum Gasteiger partial charge on any atom is 0.104 e. The van der Waals surface area contributed by atoms with Crippen molar-refractivity contribution >= 4 is 0 Å². The van der Waals surface area contributed by atoms with E-state index in [2.05, 4.69) is 38.7 Å². The van der Waals surface area contributed by atoms with Crippen LogP contribution in [0, 0.1) is 6.92 Å². The highest BCUT2D eigenvalue weighted by Gasteiger charge is 2.15. The maximum atomic E-state index is 4.32. The Labute approximate surface area is 101 Å². The molecule has 2 aromatic rings. The Balaban J connectivity index is 2.23. The summed E-state index contributed by atoms with van der Waals surface area (Å²) in [5, 5.41) is 14.1. The van der Waals surface area contributed by atoms with Crippen LogP contribution < -0.4 is 5.32 Å². The normalized spacial score (nSPS) is 12.6. The second-order valence-corrected chi connectivity index (χ2v) is 4.01. The molecule has 0 saturated heterocycles. The van der Waals surface area contributed by atoms with Gasteiger partial charge in [-0.05, 0) is 31.5 Å². The van der Waals surface area contributed by atoms with Gasteiger partial charge in [0, 0.05) is 11.9 Å². The van der Waals surface area contributed by atoms with Crippen LogP contribution in [0.4, 0.5) is 0 Å². The van der Waals surface area contributed by atoms with Crippen LogP contribution in [0.15, 0.2) is 24.5 Å². The predicted octanol–water partition coefficient (Wildman–Crippen LogP) is 1.60. The number of hydrogen-bond acceptors (Lipinski definition) is 4. The summed E-state index contributed by atoms with van der Waals surface area (Å²) in [5.41, 5.74) is 3.02. The molecule has 0 bridgehead atoms. The molecule has 1 unspecified atom stereocenters. The van der Waals surface area contributed by atoms with Crippen molar-refractivity contribution < 1.29 is 0 Å². The Morgan fingerprint density at radius 2 is 2.24 bits per heavy atom. The van der Waals surface area contributed by atoms with E-state index in [1.165, 1.54) is 0 Å². The lowest BCUT2D eigenvalue weighted by molar-refractivity contribution is 0.583. The molecule has 2 heterocycles. The summed E-state index contributed by atoms with van der Waals surface area (Å²) in [5.74, 6) is 0. The SMILES string of the molecule is CCCNC(c1ccc(C)nc1)c1cn[nH]n1. The lowest BCUT2D eigenvalue weighted by atomic mass is 10.1. The molecule has 0 amide bonds. The summed E-state index contributed by atoms with van der Waals surface area (Å²) in [6.45, 7) is 5.06. The summed E-state index contributed by atoms with van der Waals surface area (Å²) in [7, 11) is 0. The van der Waals surface area contributed by atoms with Crippen molar-refractivity contribution in [1.82, 2.24) is 25.7 Å². The number of aromatic nitrogens is 4. The van der Waals surface area contributed by atoms with Crippen molar-refractivity contribution in [2.45, 2.75) is 26.3 Å². The Hall–Kier alpha value is -1.75. The molecule has 1 atom stereocenters. The smallest absolute Gasteiger partial charge is 0.104 e. The molecule has 2 rings (SSSR count). The zero-order chi connectivity index (χ0) is 12.1. The maximum absolute atomic E-state index is 4.32. The van der Waals surface area contributed by atoms with E-state index in [0.717, 1.165) is 29.9 Å². The van der Waals surface area contributed by atoms with Crippen molar-refractivity contribution in [2.24, 2.45) is 0 Å². The molecule has 2 N–H and O–H groups in total. The first-order valence-electron chi connectivity index (χ1n) is 5.83. The fourth-order valence-corrected chi connectivity index (χ4v) is 1.68. The van der Waals surface area contributed by atoms with Crippen LogP contribution in [0.3, 0.4) is 0 Å². The van der Waals surface area contributed by atoms with Gasteiger partial charge in [0.2, 0.25) is 0 Å². The third kappa shape index (κ3) is 2.88. The Morgan fingerprint density at radius 3 is 2.82 bits per heavy atom. The number of H-pyrrole nitrogens is 1. The van der Waals surface area contributed by atoms with Crippen LogP contribution in [-0.2, 0) is 0 Å². The topological polar surface area (TPSA) is 66.5 Å². The number of nitrogens with one attached hydrogen (secondary N) is 2. The number of aromatic amines is 1. The Bertz CT molecular complexity index is 434. The highest BCUT2D eigenvalue weighted by Crippen LogP contribution is 2.18. The van der Waals surface area contributed by atoms with Gasteiger partial charge in [-0.25, -0.2) is 0 Å². The molecule has 5 nitrogen and oxygen atoms in total. The van der Waals surface area contributed by atoms with E-state index in [1.807, 2.05) is 19.2 Å². The van der Waals surface area contributed by atoms with Crippen molar-refractivity contribution in [1.29, 1.82) is 0 Å². The molecule has 2 aromatic heterocycles. The summed E-state index contributed by atoms with van der Waals surface area (Å²) in [6, 6.07) is 4.14. The van der Waals surface area contributed by atoms with Gasteiger partial charge < -0.3 is 5.32 Å². The lowest BCUT2D eigenvalue weighted by Gasteiger charge is -2.16. The van der Waals surface area contributed by atoms with Crippen molar-refractivity contribution in [2.75, 3.05) is 6.54 Å². The van der Waals surface area contributed by atoms with Gasteiger partial charge in [-0.15, -0.1) is 0 Å². The van der Waals surface area contributed by atoms with Gasteiger partial charge in [0.05, 0.1) is 12.2 Å². The van der Waals surface area contributed by atoms with Crippen LogP contribution in [0.5, 0.6) is 0 Å². The first-order valence-corrected chi connectivity index (χ1v) is 5.83. The average molecular weight is 231 g/mol. The summed E-state index contributed by atoms with van der Waals surface area (Å²) < 4.78 is 0. The number of aryl methyl sites for hydroxylation is 1. The van der Waals surface area contributed by atoms with E-state index in [0.29, 0.717) is 0 Å². The minimum atomic E-state index is 0.0572. The van der Waals surface area contributed by atoms with Gasteiger partial charge in [0.15, 0.2) is 0 Å². The first-order chi connectivity index (χ1) is 8.31. The van der Waals surface area contributed by atoms with Gasteiger partial charge in [0.1, 0.15) is 5.69 Å². The quantitative estimate of drug-likeness (QED) is 0.820. The van der Waals surface area contributed by atoms with Gasteiger partial charge in [-0.2, -0.15) is 15.4 Å². The zero-order valence-corrected chi connectivity index (χ0v) is 10.1. The first kappa shape index (κ1) is 11.7. The van der Waals surface area contributed by atoms with Gasteiger partial charge in [0.25, 0.3) is 0 Å². The predicted molar refractivity (Wildman–Crippen MR) is 65.5 cm³/mol. The third-order valence-electron chi connectivity index (χ3n) is 2.60. The molecule has 0 aliphatic rings. The second kappa shape index (κ2) is 5.54. The van der Waals surface area contributed by atoms with E-state index in [4.69, 9.17) is 0 Å². The van der Waals surface area contributed by atoms with Crippen LogP contribution in [0.25, 0.3) is 0 Å². The third-order valence-corrected chi connectivity index (χ3v) is 2.60. The molecule has 0 saturated carbocycles. The van der Waals surface area contributed by atoms with Crippen LogP contribution >= 0.6 is 0 Å². The van der Waals surface area contributed by atoms with E-state index >= 15 is 0 Å². The molecule has 17 heavy (non-hydrogen) atoms. The summed E-state index contributed by atoms with van der Waals surface area (Å²) >= 11 is 0. The fraction of sp³-hybridized carbons (Fsp3) is 0.417. The average Bonchev–Trinajstić information content (AvgIpc) is 2.85. The second-order valence-electron chi connectivity index (χ2n) is 4.01. The molecular formula is C12H17N5. The van der Waals surface area contributed by atoms with Crippen molar-refractivity contribution in [3.8, 4) is 0 Å². The molecule has 0 aliphatic carbocycles. The van der Waals surface area contributed by atoms with Crippen LogP contribution in [0.1, 0.15) is 36.3 Å². The van der Waals surface area contributed by atoms with Gasteiger partial charge >= 0.3 is 0 Å².